The van der Waals surface area contributed by atoms with Crippen LogP contribution >= 0.6 is 0 Å². The van der Waals surface area contributed by atoms with Crippen LogP contribution in [0.3, 0.4) is 0 Å². The Kier molecular flexibility index (Phi) is 4.39. The van der Waals surface area contributed by atoms with Crippen molar-refractivity contribution in [2.45, 2.75) is 13.8 Å². The number of aryl methyl sites for hydroxylation is 2. The molecule has 0 unspecified atom stereocenters. The molecule has 0 aliphatic heterocycles. The first-order valence-corrected chi connectivity index (χ1v) is 7.77. The van der Waals surface area contributed by atoms with E-state index in [2.05, 4.69) is 5.32 Å². The van der Waals surface area contributed by atoms with Crippen LogP contribution < -0.4 is 5.32 Å². The summed E-state index contributed by atoms with van der Waals surface area (Å²) >= 11 is 0. The third-order valence-corrected chi connectivity index (χ3v) is 3.84. The van der Waals surface area contributed by atoms with Crippen molar-refractivity contribution < 1.29 is 19.1 Å². The van der Waals surface area contributed by atoms with Gasteiger partial charge in [0.1, 0.15) is 5.75 Å². The van der Waals surface area contributed by atoms with Crippen molar-refractivity contribution in [3.63, 3.8) is 0 Å². The van der Waals surface area contributed by atoms with Gasteiger partial charge in [-0.05, 0) is 49.2 Å². The highest BCUT2D eigenvalue weighted by molar-refractivity contribution is 6.08. The number of furan rings is 1. The minimum Gasteiger partial charge on any atom is -0.507 e. The van der Waals surface area contributed by atoms with Gasteiger partial charge in [-0.1, -0.05) is 30.3 Å². The first-order chi connectivity index (χ1) is 12.0. The number of benzene rings is 2. The third kappa shape index (κ3) is 3.45. The quantitative estimate of drug-likeness (QED) is 0.556. The summed E-state index contributed by atoms with van der Waals surface area (Å²) in [5.41, 5.74) is 2.36. The van der Waals surface area contributed by atoms with Crippen LogP contribution in [0.4, 0.5) is 5.69 Å². The lowest BCUT2D eigenvalue weighted by Crippen LogP contribution is -2.11. The highest BCUT2D eigenvalue weighted by atomic mass is 16.4. The number of phenols is 1. The summed E-state index contributed by atoms with van der Waals surface area (Å²) in [5.74, 6) is -0.392. The smallest absolute Gasteiger partial charge is 0.291 e. The standard InChI is InChI=1S/C20H17NO4/c1-12-10-15(11-13(2)18(12)22)21-20(24)17-9-8-16(25-17)19(23)14-6-4-3-5-7-14/h3-11,22H,1-2H3,(H,21,24). The topological polar surface area (TPSA) is 79.5 Å². The molecule has 0 aliphatic carbocycles. The van der Waals surface area contributed by atoms with Gasteiger partial charge >= 0.3 is 0 Å². The monoisotopic (exact) mass is 335 g/mol. The minimum atomic E-state index is -0.461. The van der Waals surface area contributed by atoms with Gasteiger partial charge in [0.05, 0.1) is 0 Å². The van der Waals surface area contributed by atoms with E-state index in [9.17, 15) is 14.7 Å². The van der Waals surface area contributed by atoms with E-state index < -0.39 is 5.91 Å². The molecule has 3 rings (SSSR count). The maximum absolute atomic E-state index is 12.3. The van der Waals surface area contributed by atoms with Crippen LogP contribution in [0, 0.1) is 13.8 Å². The number of ketones is 1. The molecule has 1 heterocycles. The molecule has 126 valence electrons. The predicted molar refractivity (Wildman–Crippen MR) is 94.1 cm³/mol. The molecule has 3 aromatic rings. The molecule has 0 bridgehead atoms. The summed E-state index contributed by atoms with van der Waals surface area (Å²) in [7, 11) is 0. The summed E-state index contributed by atoms with van der Waals surface area (Å²) in [6.45, 7) is 3.50. The van der Waals surface area contributed by atoms with Crippen molar-refractivity contribution in [2.24, 2.45) is 0 Å². The van der Waals surface area contributed by atoms with Gasteiger partial charge in [0.25, 0.3) is 5.91 Å². The first kappa shape index (κ1) is 16.5. The van der Waals surface area contributed by atoms with Crippen LogP contribution in [0.1, 0.15) is 37.8 Å². The lowest BCUT2D eigenvalue weighted by atomic mass is 10.1. The summed E-state index contributed by atoms with van der Waals surface area (Å²) in [6.07, 6.45) is 0. The minimum absolute atomic E-state index is 0.0441. The van der Waals surface area contributed by atoms with E-state index in [1.165, 1.54) is 12.1 Å². The van der Waals surface area contributed by atoms with Gasteiger partial charge in [0, 0.05) is 11.3 Å². The van der Waals surface area contributed by atoms with Gasteiger partial charge in [-0.3, -0.25) is 9.59 Å². The number of anilines is 1. The first-order valence-electron chi connectivity index (χ1n) is 7.77. The molecular weight excluding hydrogens is 318 g/mol. The molecule has 2 N–H and O–H groups in total. The summed E-state index contributed by atoms with van der Waals surface area (Å²) in [5, 5.41) is 12.5. The average molecular weight is 335 g/mol. The highest BCUT2D eigenvalue weighted by Crippen LogP contribution is 2.26. The zero-order chi connectivity index (χ0) is 18.0. The number of hydrogen-bond acceptors (Lipinski definition) is 4. The molecule has 25 heavy (non-hydrogen) atoms. The molecular formula is C20H17NO4. The molecule has 0 atom stereocenters. The average Bonchev–Trinajstić information content (AvgIpc) is 3.10. The molecule has 1 aromatic heterocycles. The Balaban J connectivity index is 1.78. The molecule has 0 aliphatic rings. The second-order valence-electron chi connectivity index (χ2n) is 5.77. The fourth-order valence-corrected chi connectivity index (χ4v) is 2.53. The van der Waals surface area contributed by atoms with Crippen molar-refractivity contribution in [3.05, 3.63) is 82.8 Å². The number of nitrogens with one attached hydrogen (secondary N) is 1. The van der Waals surface area contributed by atoms with Crippen LogP contribution in [0.5, 0.6) is 5.75 Å². The van der Waals surface area contributed by atoms with E-state index in [0.29, 0.717) is 22.4 Å². The van der Waals surface area contributed by atoms with E-state index in [0.717, 1.165) is 0 Å². The Morgan fingerprint density at radius 3 is 2.16 bits per heavy atom. The normalized spacial score (nSPS) is 10.5. The molecule has 0 fully saturated rings. The lowest BCUT2D eigenvalue weighted by Gasteiger charge is -2.08. The van der Waals surface area contributed by atoms with Gasteiger partial charge in [-0.15, -0.1) is 0 Å². The number of carbonyl (C=O) groups excluding carboxylic acids is 2. The number of carbonyl (C=O) groups is 2. The molecule has 0 spiro atoms. The second-order valence-corrected chi connectivity index (χ2v) is 5.77. The zero-order valence-electron chi connectivity index (χ0n) is 13.9. The van der Waals surface area contributed by atoms with Gasteiger partial charge in [-0.25, -0.2) is 0 Å². The van der Waals surface area contributed by atoms with Crippen LogP contribution in [0.2, 0.25) is 0 Å². The molecule has 0 saturated heterocycles. The van der Waals surface area contributed by atoms with Gasteiger partial charge in [-0.2, -0.15) is 0 Å². The Hall–Kier alpha value is -3.34. The number of aromatic hydroxyl groups is 1. The number of rotatable bonds is 4. The molecule has 2 aromatic carbocycles. The third-order valence-electron chi connectivity index (χ3n) is 3.84. The maximum Gasteiger partial charge on any atom is 0.291 e. The van der Waals surface area contributed by atoms with Crippen LogP contribution in [-0.4, -0.2) is 16.8 Å². The summed E-state index contributed by atoms with van der Waals surface area (Å²) in [4.78, 5) is 24.6. The fraction of sp³-hybridized carbons (Fsp3) is 0.100. The summed E-state index contributed by atoms with van der Waals surface area (Å²) in [6, 6.07) is 15.0. The molecule has 5 heteroatoms. The molecule has 0 saturated carbocycles. The zero-order valence-corrected chi connectivity index (χ0v) is 13.9. The molecule has 5 nitrogen and oxygen atoms in total. The van der Waals surface area contributed by atoms with Crippen LogP contribution in [-0.2, 0) is 0 Å². The van der Waals surface area contributed by atoms with E-state index in [1.54, 1.807) is 50.2 Å². The van der Waals surface area contributed by atoms with Crippen molar-refractivity contribution in [2.75, 3.05) is 5.32 Å². The summed E-state index contributed by atoms with van der Waals surface area (Å²) < 4.78 is 5.41. The SMILES string of the molecule is Cc1cc(NC(=O)c2ccc(C(=O)c3ccccc3)o2)cc(C)c1O. The van der Waals surface area contributed by atoms with Crippen molar-refractivity contribution in [1.29, 1.82) is 0 Å². The van der Waals surface area contributed by atoms with Crippen molar-refractivity contribution in [3.8, 4) is 5.75 Å². The Labute approximate surface area is 144 Å². The van der Waals surface area contributed by atoms with E-state index in [1.807, 2.05) is 6.07 Å². The highest BCUT2D eigenvalue weighted by Gasteiger charge is 2.17. The second kappa shape index (κ2) is 6.65. The molecule has 0 radical (unpaired) electrons. The lowest BCUT2D eigenvalue weighted by molar-refractivity contribution is 0.0979. The Morgan fingerprint density at radius 2 is 1.52 bits per heavy atom. The largest absolute Gasteiger partial charge is 0.507 e. The van der Waals surface area contributed by atoms with Crippen molar-refractivity contribution >= 4 is 17.4 Å². The van der Waals surface area contributed by atoms with E-state index in [-0.39, 0.29) is 23.1 Å². The number of phenolic OH excluding ortho intramolecular Hbond substituents is 1. The Bertz CT molecular complexity index is 918. The fourth-order valence-electron chi connectivity index (χ4n) is 2.53. The number of hydrogen-bond donors (Lipinski definition) is 2. The Morgan fingerprint density at radius 1 is 0.920 bits per heavy atom. The van der Waals surface area contributed by atoms with E-state index in [4.69, 9.17) is 4.42 Å². The number of amides is 1. The van der Waals surface area contributed by atoms with Crippen LogP contribution in [0.15, 0.2) is 59.0 Å². The van der Waals surface area contributed by atoms with Crippen molar-refractivity contribution in [1.82, 2.24) is 0 Å². The van der Waals surface area contributed by atoms with Gasteiger partial charge in [0.2, 0.25) is 5.78 Å². The maximum atomic E-state index is 12.3. The predicted octanol–water partition coefficient (Wildman–Crippen LogP) is 4.09. The molecule has 1 amide bonds. The van der Waals surface area contributed by atoms with Gasteiger partial charge in [0.15, 0.2) is 11.5 Å². The van der Waals surface area contributed by atoms with E-state index >= 15 is 0 Å². The van der Waals surface area contributed by atoms with Gasteiger partial charge < -0.3 is 14.8 Å². The van der Waals surface area contributed by atoms with Crippen LogP contribution in [0.25, 0.3) is 0 Å².